The predicted octanol–water partition coefficient (Wildman–Crippen LogP) is 2.76. The molecule has 2 rings (SSSR count). The third-order valence-electron chi connectivity index (χ3n) is 3.70. The van der Waals surface area contributed by atoms with Gasteiger partial charge in [0.25, 0.3) is 0 Å². The number of nitriles is 1. The first-order valence-corrected chi connectivity index (χ1v) is 6.72. The lowest BCUT2D eigenvalue weighted by molar-refractivity contribution is 0.00578. The molecule has 0 saturated carbocycles. The first kappa shape index (κ1) is 14.5. The Hall–Kier alpha value is -0.895. The van der Waals surface area contributed by atoms with Crippen LogP contribution in [-0.4, -0.2) is 18.3 Å². The van der Waals surface area contributed by atoms with Gasteiger partial charge in [-0.05, 0) is 39.8 Å². The first-order chi connectivity index (χ1) is 8.68. The molecular formula is C13H14BBrFNO2. The molecule has 0 aromatic heterocycles. The van der Waals surface area contributed by atoms with E-state index in [1.165, 1.54) is 6.07 Å². The Kier molecular flexibility index (Phi) is 3.50. The molecule has 1 aromatic carbocycles. The standard InChI is InChI=1S/C13H14BBrFNO2/c1-12(2)13(3,4)19-14(18-12)10-5-8(15)6-11(16)9(10)7-17/h5-6H,1-4H3. The number of hydrogen-bond acceptors (Lipinski definition) is 3. The van der Waals surface area contributed by atoms with Crippen molar-refractivity contribution in [3.05, 3.63) is 28.0 Å². The Morgan fingerprint density at radius 2 is 1.74 bits per heavy atom. The molecule has 0 bridgehead atoms. The highest BCUT2D eigenvalue weighted by Crippen LogP contribution is 2.37. The predicted molar refractivity (Wildman–Crippen MR) is 74.5 cm³/mol. The van der Waals surface area contributed by atoms with Crippen LogP contribution in [0.4, 0.5) is 4.39 Å². The Labute approximate surface area is 121 Å². The van der Waals surface area contributed by atoms with Gasteiger partial charge in [-0.2, -0.15) is 5.26 Å². The molecule has 0 spiro atoms. The minimum absolute atomic E-state index is 0.0401. The van der Waals surface area contributed by atoms with Crippen LogP contribution in [0.3, 0.4) is 0 Å². The highest BCUT2D eigenvalue weighted by atomic mass is 79.9. The van der Waals surface area contributed by atoms with E-state index in [-0.39, 0.29) is 5.56 Å². The second-order valence-corrected chi connectivity index (χ2v) is 6.47. The van der Waals surface area contributed by atoms with Gasteiger partial charge in [0.1, 0.15) is 11.9 Å². The van der Waals surface area contributed by atoms with Gasteiger partial charge in [0.05, 0.1) is 16.8 Å². The van der Waals surface area contributed by atoms with E-state index in [0.29, 0.717) is 9.94 Å². The molecule has 1 aliphatic heterocycles. The first-order valence-electron chi connectivity index (χ1n) is 5.92. The van der Waals surface area contributed by atoms with Crippen LogP contribution >= 0.6 is 15.9 Å². The number of rotatable bonds is 1. The van der Waals surface area contributed by atoms with Crippen molar-refractivity contribution in [2.45, 2.75) is 38.9 Å². The molecular weight excluding hydrogens is 312 g/mol. The Morgan fingerprint density at radius 1 is 1.21 bits per heavy atom. The van der Waals surface area contributed by atoms with Crippen molar-refractivity contribution in [2.75, 3.05) is 0 Å². The summed E-state index contributed by atoms with van der Waals surface area (Å²) in [5.74, 6) is -0.582. The molecule has 0 radical (unpaired) electrons. The SMILES string of the molecule is CC1(C)OB(c2cc(Br)cc(F)c2C#N)OC1(C)C. The van der Waals surface area contributed by atoms with Crippen molar-refractivity contribution in [1.29, 1.82) is 5.26 Å². The van der Waals surface area contributed by atoms with Gasteiger partial charge < -0.3 is 9.31 Å². The Balaban J connectivity index is 2.48. The van der Waals surface area contributed by atoms with Crippen molar-refractivity contribution in [3.63, 3.8) is 0 Å². The molecule has 1 heterocycles. The molecule has 1 fully saturated rings. The van der Waals surface area contributed by atoms with Crippen LogP contribution in [0, 0.1) is 17.1 Å². The summed E-state index contributed by atoms with van der Waals surface area (Å²) >= 11 is 3.22. The van der Waals surface area contributed by atoms with Gasteiger partial charge in [0.2, 0.25) is 0 Å². The zero-order valence-electron chi connectivity index (χ0n) is 11.3. The van der Waals surface area contributed by atoms with E-state index >= 15 is 0 Å². The number of nitrogens with zero attached hydrogens (tertiary/aromatic N) is 1. The van der Waals surface area contributed by atoms with Crippen LogP contribution in [-0.2, 0) is 9.31 Å². The molecule has 1 saturated heterocycles. The van der Waals surface area contributed by atoms with E-state index in [1.54, 1.807) is 6.07 Å². The van der Waals surface area contributed by atoms with Crippen molar-refractivity contribution < 1.29 is 13.7 Å². The van der Waals surface area contributed by atoms with E-state index < -0.39 is 24.1 Å². The lowest BCUT2D eigenvalue weighted by Gasteiger charge is -2.32. The zero-order valence-corrected chi connectivity index (χ0v) is 12.8. The summed E-state index contributed by atoms with van der Waals surface area (Å²) in [5, 5.41) is 9.09. The summed E-state index contributed by atoms with van der Waals surface area (Å²) in [6, 6.07) is 4.78. The van der Waals surface area contributed by atoms with Crippen molar-refractivity contribution >= 4 is 28.5 Å². The maximum absolute atomic E-state index is 13.8. The fourth-order valence-corrected chi connectivity index (χ4v) is 2.31. The molecule has 0 amide bonds. The summed E-state index contributed by atoms with van der Waals surface area (Å²) in [6.07, 6.45) is 0. The van der Waals surface area contributed by atoms with Gasteiger partial charge in [-0.25, -0.2) is 4.39 Å². The van der Waals surface area contributed by atoms with Crippen molar-refractivity contribution in [1.82, 2.24) is 0 Å². The summed E-state index contributed by atoms with van der Waals surface area (Å²) in [5.41, 5.74) is -0.679. The highest BCUT2D eigenvalue weighted by molar-refractivity contribution is 9.10. The Morgan fingerprint density at radius 3 is 2.21 bits per heavy atom. The monoisotopic (exact) mass is 325 g/mol. The van der Waals surface area contributed by atoms with Gasteiger partial charge in [-0.3, -0.25) is 0 Å². The molecule has 0 atom stereocenters. The quantitative estimate of drug-likeness (QED) is 0.746. The highest BCUT2D eigenvalue weighted by Gasteiger charge is 2.52. The Bertz CT molecular complexity index is 552. The molecule has 1 aromatic rings. The van der Waals surface area contributed by atoms with Crippen LogP contribution in [0.15, 0.2) is 16.6 Å². The summed E-state index contributed by atoms with van der Waals surface area (Å²) in [6.45, 7) is 7.64. The second kappa shape index (κ2) is 4.59. The minimum Gasteiger partial charge on any atom is -0.399 e. The number of hydrogen-bond donors (Lipinski definition) is 0. The van der Waals surface area contributed by atoms with E-state index in [2.05, 4.69) is 15.9 Å². The normalized spacial score (nSPS) is 20.4. The average molecular weight is 326 g/mol. The number of benzene rings is 1. The molecule has 0 aliphatic carbocycles. The molecule has 1 aliphatic rings. The minimum atomic E-state index is -0.744. The molecule has 0 N–H and O–H groups in total. The van der Waals surface area contributed by atoms with Gasteiger partial charge >= 0.3 is 7.12 Å². The van der Waals surface area contributed by atoms with Gasteiger partial charge in [0.15, 0.2) is 0 Å². The summed E-state index contributed by atoms with van der Waals surface area (Å²) in [7, 11) is -0.744. The van der Waals surface area contributed by atoms with Crippen LogP contribution in [0.2, 0.25) is 0 Å². The average Bonchev–Trinajstić information content (AvgIpc) is 2.47. The fraction of sp³-hybridized carbons (Fsp3) is 0.462. The van der Waals surface area contributed by atoms with Gasteiger partial charge in [-0.15, -0.1) is 0 Å². The lowest BCUT2D eigenvalue weighted by atomic mass is 9.76. The van der Waals surface area contributed by atoms with Crippen LogP contribution in [0.25, 0.3) is 0 Å². The zero-order chi connectivity index (χ0) is 14.4. The van der Waals surface area contributed by atoms with E-state index in [1.807, 2.05) is 33.8 Å². The van der Waals surface area contributed by atoms with Gasteiger partial charge in [-0.1, -0.05) is 15.9 Å². The molecule has 0 unspecified atom stereocenters. The van der Waals surface area contributed by atoms with E-state index in [4.69, 9.17) is 14.6 Å². The summed E-state index contributed by atoms with van der Waals surface area (Å²) in [4.78, 5) is 0. The van der Waals surface area contributed by atoms with Crippen molar-refractivity contribution in [3.8, 4) is 6.07 Å². The van der Waals surface area contributed by atoms with Crippen LogP contribution < -0.4 is 5.46 Å². The smallest absolute Gasteiger partial charge is 0.399 e. The summed E-state index contributed by atoms with van der Waals surface area (Å²) < 4.78 is 26.0. The maximum Gasteiger partial charge on any atom is 0.496 e. The van der Waals surface area contributed by atoms with Crippen LogP contribution in [0.5, 0.6) is 0 Å². The molecule has 19 heavy (non-hydrogen) atoms. The third kappa shape index (κ3) is 2.43. The fourth-order valence-electron chi connectivity index (χ4n) is 1.87. The van der Waals surface area contributed by atoms with Gasteiger partial charge in [0, 0.05) is 9.94 Å². The maximum atomic E-state index is 13.8. The topological polar surface area (TPSA) is 42.2 Å². The van der Waals surface area contributed by atoms with E-state index in [0.717, 1.165) is 0 Å². The van der Waals surface area contributed by atoms with Crippen LogP contribution in [0.1, 0.15) is 33.3 Å². The second-order valence-electron chi connectivity index (χ2n) is 5.55. The van der Waals surface area contributed by atoms with Crippen molar-refractivity contribution in [2.24, 2.45) is 0 Å². The third-order valence-corrected chi connectivity index (χ3v) is 4.16. The molecule has 6 heteroatoms. The number of halogens is 2. The molecule has 100 valence electrons. The largest absolute Gasteiger partial charge is 0.496 e. The molecule has 3 nitrogen and oxygen atoms in total. The van der Waals surface area contributed by atoms with E-state index in [9.17, 15) is 4.39 Å². The lowest BCUT2D eigenvalue weighted by Crippen LogP contribution is -2.41.